The standard InChI is InChI=1S/C17H20NO8P.C13H18NO8P.C12H18N3O8P.C10H19O7P/c1-22-9-17-10-24-13(14(17)26-27(20,21)23-2)16(25-17)18-8-7-11-5-3-4-6-12(11)15(18)19;1-18-7-13-8-20-10(11(13)22-23(16,17)19-2)12(21-13)14-6-4-3-5-9(14)15;1-20-5-12-6-22-8(9(12)14-24(18,19)21-2)10(23-12)15-4-3-7(16)13-11(15)17;1-7-8-9(17-18(11,12)14-3)10(16-7,6-13-2)4-5-15-8/h3-8,13-14,16H,9-10H2,1-2H3,(H,20,21);3-6,10-12H,7-8H2,1-2H3,(H,16,17);3-4,8-10H,5-6H2,1-2H3,(H,13,16,17)(H2,14,18,19);7-9H,4-6H2,1-3H3,(H,11,12)/t13-,14-,16?,17-;10-,11-,12?,13-;8-,9-,10?,12-;7?,8-,9+,10-/m0001/s1. The number of H-pyrrole nitrogens is 1. The van der Waals surface area contributed by atoms with Gasteiger partial charge in [-0.3, -0.25) is 60.2 Å². The molecule has 0 saturated carbocycles. The van der Waals surface area contributed by atoms with Crippen LogP contribution in [0.3, 0.4) is 0 Å². The van der Waals surface area contributed by atoms with Crippen LogP contribution in [0, 0.1) is 0 Å². The maximum absolute atomic E-state index is 12.9. The number of nitrogens with one attached hydrogen (secondary N) is 2. The Kier molecular flexibility index (Phi) is 22.8. The highest BCUT2D eigenvalue weighted by atomic mass is 31.2. The van der Waals surface area contributed by atoms with E-state index in [9.17, 15) is 57.0 Å². The number of fused-ring (bicyclic) bond motifs is 9. The zero-order chi connectivity index (χ0) is 66.8. The second-order valence-corrected chi connectivity index (χ2v) is 28.4. The molecule has 40 heteroatoms. The van der Waals surface area contributed by atoms with Gasteiger partial charge < -0.3 is 80.9 Å². The minimum atomic E-state index is -4.30. The lowest BCUT2D eigenvalue weighted by molar-refractivity contribution is -0.190. The van der Waals surface area contributed by atoms with E-state index in [1.807, 2.05) is 19.1 Å². The Labute approximate surface area is 524 Å². The minimum absolute atomic E-state index is 0.0662. The zero-order valence-electron chi connectivity index (χ0n) is 51.2. The Morgan fingerprint density at radius 3 is 1.55 bits per heavy atom. The summed E-state index contributed by atoms with van der Waals surface area (Å²) in [7, 11) is -6.38. The van der Waals surface area contributed by atoms with E-state index in [0.29, 0.717) is 18.4 Å². The van der Waals surface area contributed by atoms with Crippen LogP contribution < -0.4 is 27.5 Å². The van der Waals surface area contributed by atoms with Crippen molar-refractivity contribution in [2.45, 2.75) is 109 Å². The molecule has 36 nitrogen and oxygen atoms in total. The van der Waals surface area contributed by atoms with Crippen molar-refractivity contribution in [3.63, 3.8) is 0 Å². The van der Waals surface area contributed by atoms with E-state index in [-0.39, 0.29) is 69.6 Å². The van der Waals surface area contributed by atoms with E-state index in [0.717, 1.165) is 38.4 Å². The number of benzene rings is 1. The number of ether oxygens (including phenoxy) is 12. The van der Waals surface area contributed by atoms with Crippen molar-refractivity contribution in [2.24, 2.45) is 0 Å². The van der Waals surface area contributed by atoms with Crippen molar-refractivity contribution in [3.8, 4) is 0 Å². The maximum atomic E-state index is 12.9. The minimum Gasteiger partial charge on any atom is -0.382 e. The summed E-state index contributed by atoms with van der Waals surface area (Å²) in [5.74, 6) is 0. The molecule has 8 aliphatic heterocycles. The predicted octanol–water partition coefficient (Wildman–Crippen LogP) is 1.01. The molecule has 0 aliphatic carbocycles. The average molecular weight is 1390 g/mol. The first-order valence-corrected chi connectivity index (χ1v) is 34.2. The second-order valence-electron chi connectivity index (χ2n) is 22.2. The Morgan fingerprint density at radius 1 is 0.533 bits per heavy atom. The first kappa shape index (κ1) is 72.3. The molecule has 1 aromatic carbocycles. The summed E-state index contributed by atoms with van der Waals surface area (Å²) in [5.41, 5.74) is -5.76. The molecule has 8 fully saturated rings. The number of pyridine rings is 2. The number of hydrogen-bond acceptors (Lipinski definition) is 27. The van der Waals surface area contributed by atoms with Gasteiger partial charge in [0.2, 0.25) is 0 Å². The van der Waals surface area contributed by atoms with Crippen LogP contribution in [0.2, 0.25) is 0 Å². The summed E-state index contributed by atoms with van der Waals surface area (Å²) < 4.78 is 152. The van der Waals surface area contributed by atoms with E-state index in [4.69, 9.17) is 70.4 Å². The molecule has 0 spiro atoms. The number of methoxy groups -OCH3 is 4. The Hall–Kier alpha value is -3.98. The van der Waals surface area contributed by atoms with Crippen LogP contribution in [-0.2, 0) is 107 Å². The average Bonchev–Trinajstić information content (AvgIpc) is 1.59. The summed E-state index contributed by atoms with van der Waals surface area (Å²) in [4.78, 5) is 88.9. The maximum Gasteiger partial charge on any atom is 0.472 e. The number of rotatable bonds is 23. The van der Waals surface area contributed by atoms with Gasteiger partial charge in [0, 0.05) is 99.4 Å². The summed E-state index contributed by atoms with van der Waals surface area (Å²) in [6.45, 7) is 3.20. The van der Waals surface area contributed by atoms with Gasteiger partial charge in [0.1, 0.15) is 65.1 Å². The van der Waals surface area contributed by atoms with Gasteiger partial charge >= 0.3 is 36.9 Å². The normalized spacial score (nSPS) is 35.6. The van der Waals surface area contributed by atoms with Crippen LogP contribution in [0.25, 0.3) is 10.8 Å². The molecule has 20 atom stereocenters. The van der Waals surface area contributed by atoms with Gasteiger partial charge in [-0.1, -0.05) is 24.3 Å². The molecule has 8 saturated heterocycles. The van der Waals surface area contributed by atoms with Gasteiger partial charge in [-0.2, -0.15) is 0 Å². The van der Waals surface area contributed by atoms with Gasteiger partial charge in [-0.05, 0) is 30.5 Å². The highest BCUT2D eigenvalue weighted by molar-refractivity contribution is 7.50. The molecule has 8 unspecified atom stereocenters. The highest BCUT2D eigenvalue weighted by Crippen LogP contribution is 2.57. The molecule has 92 heavy (non-hydrogen) atoms. The van der Waals surface area contributed by atoms with Crippen molar-refractivity contribution in [1.29, 1.82) is 0 Å². The van der Waals surface area contributed by atoms with Crippen LogP contribution in [0.5, 0.6) is 0 Å². The third-order valence-corrected chi connectivity index (χ3v) is 20.4. The lowest BCUT2D eigenvalue weighted by Crippen LogP contribution is -2.52. The van der Waals surface area contributed by atoms with Crippen molar-refractivity contribution in [1.82, 2.24) is 23.8 Å². The van der Waals surface area contributed by atoms with Crippen molar-refractivity contribution < 1.29 is 126 Å². The molecular formula is C52H75N5O31P4. The van der Waals surface area contributed by atoms with Crippen LogP contribution in [0.4, 0.5) is 0 Å². The molecular weight excluding hydrogens is 1310 g/mol. The van der Waals surface area contributed by atoms with Gasteiger partial charge in [-0.15, -0.1) is 0 Å². The lowest BCUT2D eigenvalue weighted by atomic mass is 9.90. The third kappa shape index (κ3) is 14.8. The third-order valence-electron chi connectivity index (χ3n) is 16.4. The molecule has 0 amide bonds. The summed E-state index contributed by atoms with van der Waals surface area (Å²) in [6.07, 6.45) is -2.86. The van der Waals surface area contributed by atoms with E-state index >= 15 is 0 Å². The molecule has 8 bridgehead atoms. The van der Waals surface area contributed by atoms with Crippen LogP contribution in [0.1, 0.15) is 32.0 Å². The predicted molar refractivity (Wildman–Crippen MR) is 312 cm³/mol. The Balaban J connectivity index is 0.000000146. The molecule has 4 aromatic rings. The van der Waals surface area contributed by atoms with E-state index in [2.05, 4.69) is 28.2 Å². The number of aromatic nitrogens is 4. The first-order chi connectivity index (χ1) is 43.6. The number of phosphoric acid groups is 3. The molecule has 6 N–H and O–H groups in total. The number of aromatic amines is 1. The van der Waals surface area contributed by atoms with Gasteiger partial charge in [-0.25, -0.2) is 28.1 Å². The van der Waals surface area contributed by atoms with Gasteiger partial charge in [0.05, 0.1) is 65.0 Å². The van der Waals surface area contributed by atoms with E-state index in [1.54, 1.807) is 49.8 Å². The van der Waals surface area contributed by atoms with Crippen molar-refractivity contribution >= 4 is 42.0 Å². The SMILES string of the molecule is COC[C@@]12CCO[C@H](C(C)O1)[C@@H]2OP(=O)(O)OC.COC[C@@]12CO[C@H](C(n3ccc(=O)[nH]c3=O)O1)[C@@H]2NP(=O)(O)OC.COC[C@@]12CO[C@H](C(n3ccc4ccccc4c3=O)O1)[C@@H]2OP(=O)(O)OC.COC[C@@]12CO[C@H](C(n3ccccc3=O)O1)[C@@H]2OP(=O)(O)OC. The van der Waals surface area contributed by atoms with E-state index in [1.165, 1.54) is 48.8 Å². The fourth-order valence-corrected chi connectivity index (χ4v) is 15.2. The Morgan fingerprint density at radius 2 is 1.01 bits per heavy atom. The zero-order valence-corrected chi connectivity index (χ0v) is 54.7. The number of hydrogen-bond donors (Lipinski definition) is 6. The van der Waals surface area contributed by atoms with Crippen LogP contribution in [0.15, 0.2) is 92.4 Å². The first-order valence-electron chi connectivity index (χ1n) is 28.2. The monoisotopic (exact) mass is 1390 g/mol. The summed E-state index contributed by atoms with van der Waals surface area (Å²) in [6, 6.07) is 14.1. The number of phosphoric ester groups is 3. The molecule has 12 rings (SSSR count). The largest absolute Gasteiger partial charge is 0.472 e. The van der Waals surface area contributed by atoms with Crippen molar-refractivity contribution in [3.05, 3.63) is 115 Å². The molecule has 8 aliphatic rings. The quantitative estimate of drug-likeness (QED) is 0.0564. The topological polar surface area (TPSA) is 435 Å². The fraction of sp³-hybridized carbons (Fsp3) is 0.654. The lowest BCUT2D eigenvalue weighted by Gasteiger charge is -2.38. The summed E-state index contributed by atoms with van der Waals surface area (Å²) in [5, 5.41) is 3.84. The molecule has 514 valence electrons. The Bertz CT molecular complexity index is 3670. The van der Waals surface area contributed by atoms with Crippen LogP contribution >= 0.6 is 31.2 Å². The molecule has 3 aromatic heterocycles. The van der Waals surface area contributed by atoms with E-state index < -0.39 is 126 Å². The number of nitrogens with zero attached hydrogens (tertiary/aromatic N) is 3. The van der Waals surface area contributed by atoms with Gasteiger partial charge in [0.25, 0.3) is 16.7 Å². The molecule has 0 radical (unpaired) electrons. The second kappa shape index (κ2) is 29.0. The van der Waals surface area contributed by atoms with Crippen LogP contribution in [-0.4, -0.2) is 225 Å². The molecule has 11 heterocycles. The smallest absolute Gasteiger partial charge is 0.382 e. The van der Waals surface area contributed by atoms with Gasteiger partial charge in [0.15, 0.2) is 18.7 Å². The van der Waals surface area contributed by atoms with Crippen molar-refractivity contribution in [2.75, 3.05) is 110 Å². The highest BCUT2D eigenvalue weighted by Gasteiger charge is 2.67. The fourth-order valence-electron chi connectivity index (χ4n) is 12.3. The summed E-state index contributed by atoms with van der Waals surface area (Å²) >= 11 is 0.